The van der Waals surface area contributed by atoms with Crippen molar-refractivity contribution in [2.45, 2.75) is 35.9 Å². The average molecular weight is 390 g/mol. The van der Waals surface area contributed by atoms with Crippen LogP contribution in [0.2, 0.25) is 0 Å². The lowest BCUT2D eigenvalue weighted by Gasteiger charge is -2.34. The standard InChI is InChI=1S/C17H22N6O3S/c1-11(18)13-4-3-7-22(9-13)16(24)12-5-6-15(14(8-12)23(25)26)27-17-20-19-10-21(17)2/h5-6,8,10-11,13H,3-4,7,9,18H2,1-2H3. The van der Waals surface area contributed by atoms with E-state index in [1.165, 1.54) is 12.4 Å². The van der Waals surface area contributed by atoms with Crippen molar-refractivity contribution >= 4 is 23.4 Å². The minimum atomic E-state index is -0.476. The van der Waals surface area contributed by atoms with Crippen LogP contribution in [0.4, 0.5) is 5.69 Å². The fourth-order valence-corrected chi connectivity index (χ4v) is 4.00. The van der Waals surface area contributed by atoms with Crippen LogP contribution in [0.1, 0.15) is 30.1 Å². The summed E-state index contributed by atoms with van der Waals surface area (Å²) in [6.45, 7) is 3.17. The molecule has 1 fully saturated rings. The molecule has 144 valence electrons. The second-order valence-corrected chi connectivity index (χ2v) is 7.79. The van der Waals surface area contributed by atoms with E-state index in [2.05, 4.69) is 10.2 Å². The molecule has 2 aromatic rings. The number of carbonyl (C=O) groups is 1. The molecule has 27 heavy (non-hydrogen) atoms. The first-order valence-corrected chi connectivity index (χ1v) is 9.53. The van der Waals surface area contributed by atoms with Crippen LogP contribution < -0.4 is 5.73 Å². The molecule has 2 atom stereocenters. The van der Waals surface area contributed by atoms with E-state index in [1.807, 2.05) is 6.92 Å². The molecule has 10 heteroatoms. The Morgan fingerprint density at radius 2 is 2.26 bits per heavy atom. The number of piperidine rings is 1. The van der Waals surface area contributed by atoms with E-state index in [-0.39, 0.29) is 23.6 Å². The molecule has 0 saturated carbocycles. The Bertz CT molecular complexity index is 853. The third-order valence-electron chi connectivity index (χ3n) is 4.76. The zero-order valence-corrected chi connectivity index (χ0v) is 16.1. The van der Waals surface area contributed by atoms with Gasteiger partial charge in [0.25, 0.3) is 11.6 Å². The van der Waals surface area contributed by atoms with Crippen molar-refractivity contribution in [3.8, 4) is 0 Å². The van der Waals surface area contributed by atoms with Crippen LogP contribution in [0, 0.1) is 16.0 Å². The molecule has 2 N–H and O–H groups in total. The Balaban J connectivity index is 1.84. The maximum atomic E-state index is 12.9. The first-order chi connectivity index (χ1) is 12.9. The molecule has 1 aliphatic rings. The lowest BCUT2D eigenvalue weighted by atomic mass is 9.92. The molecule has 2 heterocycles. The topological polar surface area (TPSA) is 120 Å². The SMILES string of the molecule is CC(N)C1CCCN(C(=O)c2ccc(Sc3nncn3C)c([N+](=O)[O-])c2)C1. The summed E-state index contributed by atoms with van der Waals surface area (Å²) in [6, 6.07) is 4.58. The number of nitro benzene ring substituents is 1. The maximum absolute atomic E-state index is 12.9. The van der Waals surface area contributed by atoms with Crippen LogP contribution >= 0.6 is 11.8 Å². The number of aromatic nitrogens is 3. The molecule has 0 radical (unpaired) electrons. The van der Waals surface area contributed by atoms with Gasteiger partial charge in [-0.05, 0) is 49.6 Å². The van der Waals surface area contributed by atoms with Crippen molar-refractivity contribution in [2.24, 2.45) is 18.7 Å². The smallest absolute Gasteiger partial charge is 0.284 e. The lowest BCUT2D eigenvalue weighted by molar-refractivity contribution is -0.387. The summed E-state index contributed by atoms with van der Waals surface area (Å²) in [6.07, 6.45) is 3.41. The normalized spacial score (nSPS) is 18.3. The highest BCUT2D eigenvalue weighted by molar-refractivity contribution is 7.99. The van der Waals surface area contributed by atoms with Gasteiger partial charge in [0, 0.05) is 37.8 Å². The molecule has 0 bridgehead atoms. The van der Waals surface area contributed by atoms with E-state index < -0.39 is 4.92 Å². The van der Waals surface area contributed by atoms with Gasteiger partial charge < -0.3 is 15.2 Å². The molecule has 1 aliphatic heterocycles. The number of nitrogens with zero attached hydrogens (tertiary/aromatic N) is 5. The number of hydrogen-bond donors (Lipinski definition) is 1. The molecule has 1 aromatic heterocycles. The average Bonchev–Trinajstić information content (AvgIpc) is 3.06. The van der Waals surface area contributed by atoms with Gasteiger partial charge >= 0.3 is 0 Å². The van der Waals surface area contributed by atoms with Crippen LogP contribution in [-0.2, 0) is 7.05 Å². The Morgan fingerprint density at radius 1 is 1.48 bits per heavy atom. The van der Waals surface area contributed by atoms with Crippen molar-refractivity contribution in [1.29, 1.82) is 0 Å². The Hall–Kier alpha value is -2.46. The fraction of sp³-hybridized carbons (Fsp3) is 0.471. The third-order valence-corrected chi connectivity index (χ3v) is 5.88. The maximum Gasteiger partial charge on any atom is 0.284 e. The molecule has 0 aliphatic carbocycles. The highest BCUT2D eigenvalue weighted by atomic mass is 32.2. The van der Waals surface area contributed by atoms with Gasteiger partial charge in [-0.25, -0.2) is 0 Å². The van der Waals surface area contributed by atoms with E-state index >= 15 is 0 Å². The van der Waals surface area contributed by atoms with E-state index in [1.54, 1.807) is 28.6 Å². The van der Waals surface area contributed by atoms with Gasteiger partial charge in [-0.2, -0.15) is 0 Å². The van der Waals surface area contributed by atoms with Crippen molar-refractivity contribution < 1.29 is 9.72 Å². The number of hydrogen-bond acceptors (Lipinski definition) is 7. The molecular formula is C17H22N6O3S. The number of likely N-dealkylation sites (tertiary alicyclic amines) is 1. The molecule has 1 aromatic carbocycles. The zero-order valence-electron chi connectivity index (χ0n) is 15.2. The molecule has 9 nitrogen and oxygen atoms in total. The predicted octanol–water partition coefficient (Wildman–Crippen LogP) is 2.07. The van der Waals surface area contributed by atoms with Gasteiger partial charge in [0.05, 0.1) is 9.82 Å². The minimum absolute atomic E-state index is 0.0140. The molecule has 1 amide bonds. The number of aryl methyl sites for hydroxylation is 1. The van der Waals surface area contributed by atoms with Crippen LogP contribution in [-0.4, -0.2) is 49.6 Å². The van der Waals surface area contributed by atoms with Gasteiger partial charge in [-0.3, -0.25) is 14.9 Å². The second kappa shape index (κ2) is 8.05. The van der Waals surface area contributed by atoms with E-state index in [0.717, 1.165) is 24.6 Å². The highest BCUT2D eigenvalue weighted by Gasteiger charge is 2.28. The second-order valence-electron chi connectivity index (χ2n) is 6.78. The summed E-state index contributed by atoms with van der Waals surface area (Å²) in [5, 5.41) is 19.8. The first-order valence-electron chi connectivity index (χ1n) is 8.72. The van der Waals surface area contributed by atoms with E-state index in [0.29, 0.717) is 28.7 Å². The molecule has 1 saturated heterocycles. The Morgan fingerprint density at radius 3 is 2.89 bits per heavy atom. The van der Waals surface area contributed by atoms with Gasteiger partial charge in [-0.15, -0.1) is 10.2 Å². The van der Waals surface area contributed by atoms with Crippen LogP contribution in [0.25, 0.3) is 0 Å². The molecule has 2 unspecified atom stereocenters. The predicted molar refractivity (Wildman–Crippen MR) is 100 cm³/mol. The number of benzene rings is 1. The summed E-state index contributed by atoms with van der Waals surface area (Å²) in [4.78, 5) is 26.1. The Labute approximate surface area is 161 Å². The quantitative estimate of drug-likeness (QED) is 0.613. The van der Waals surface area contributed by atoms with Crippen LogP contribution in [0.5, 0.6) is 0 Å². The number of amides is 1. The third kappa shape index (κ3) is 4.28. The van der Waals surface area contributed by atoms with Crippen LogP contribution in [0.15, 0.2) is 34.6 Å². The molecule has 3 rings (SSSR count). The van der Waals surface area contributed by atoms with E-state index in [9.17, 15) is 14.9 Å². The van der Waals surface area contributed by atoms with Gasteiger partial charge in [-0.1, -0.05) is 0 Å². The monoisotopic (exact) mass is 390 g/mol. The molecular weight excluding hydrogens is 368 g/mol. The summed E-state index contributed by atoms with van der Waals surface area (Å²) in [7, 11) is 1.76. The first kappa shape index (κ1) is 19.3. The summed E-state index contributed by atoms with van der Waals surface area (Å²) in [5.74, 6) is 0.0575. The van der Waals surface area contributed by atoms with Gasteiger partial charge in [0.2, 0.25) is 0 Å². The number of nitro groups is 1. The number of rotatable bonds is 5. The van der Waals surface area contributed by atoms with E-state index in [4.69, 9.17) is 5.73 Å². The minimum Gasteiger partial charge on any atom is -0.338 e. The Kier molecular flexibility index (Phi) is 5.76. The van der Waals surface area contributed by atoms with Crippen molar-refractivity contribution in [1.82, 2.24) is 19.7 Å². The number of carbonyl (C=O) groups excluding carboxylic acids is 1. The summed E-state index contributed by atoms with van der Waals surface area (Å²) < 4.78 is 1.68. The number of nitrogens with two attached hydrogens (primary N) is 1. The summed E-state index contributed by atoms with van der Waals surface area (Å²) >= 11 is 1.14. The lowest BCUT2D eigenvalue weighted by Crippen LogP contribution is -2.45. The van der Waals surface area contributed by atoms with Gasteiger partial charge in [0.1, 0.15) is 6.33 Å². The van der Waals surface area contributed by atoms with Crippen molar-refractivity contribution in [3.05, 3.63) is 40.2 Å². The van der Waals surface area contributed by atoms with Crippen molar-refractivity contribution in [2.75, 3.05) is 13.1 Å². The van der Waals surface area contributed by atoms with Crippen LogP contribution in [0.3, 0.4) is 0 Å². The van der Waals surface area contributed by atoms with Crippen molar-refractivity contribution in [3.63, 3.8) is 0 Å². The zero-order chi connectivity index (χ0) is 19.6. The molecule has 0 spiro atoms. The fourth-order valence-electron chi connectivity index (χ4n) is 3.15. The largest absolute Gasteiger partial charge is 0.338 e. The summed E-state index contributed by atoms with van der Waals surface area (Å²) in [5.41, 5.74) is 6.18. The van der Waals surface area contributed by atoms with Gasteiger partial charge in [0.15, 0.2) is 5.16 Å². The highest BCUT2D eigenvalue weighted by Crippen LogP contribution is 2.34.